The number of ether oxygens (including phenoxy) is 3. The molecule has 0 unspecified atom stereocenters. The third-order valence-corrected chi connectivity index (χ3v) is 4.57. The van der Waals surface area contributed by atoms with Crippen molar-refractivity contribution in [2.24, 2.45) is 0 Å². The van der Waals surface area contributed by atoms with Gasteiger partial charge in [0.2, 0.25) is 0 Å². The lowest BCUT2D eigenvalue weighted by Gasteiger charge is -2.21. The number of benzene rings is 1. The van der Waals surface area contributed by atoms with E-state index in [1.165, 1.54) is 10.9 Å². The molecule has 2 aromatic rings. The largest absolute Gasteiger partial charge is 0.485 e. The lowest BCUT2D eigenvalue weighted by atomic mass is 10.1. The summed E-state index contributed by atoms with van der Waals surface area (Å²) < 4.78 is 18.1. The Labute approximate surface area is 177 Å². The van der Waals surface area contributed by atoms with Crippen molar-refractivity contribution in [1.82, 2.24) is 9.78 Å². The van der Waals surface area contributed by atoms with Gasteiger partial charge in [-0.05, 0) is 38.3 Å². The fourth-order valence-electron chi connectivity index (χ4n) is 2.55. The Hall–Kier alpha value is -1.89. The van der Waals surface area contributed by atoms with Gasteiger partial charge in [-0.3, -0.25) is 4.79 Å². The van der Waals surface area contributed by atoms with Crippen LogP contribution in [0, 0.1) is 0 Å². The Morgan fingerprint density at radius 2 is 1.62 bits per heavy atom. The molecular formula is C22H31ClN2O4. The summed E-state index contributed by atoms with van der Waals surface area (Å²) in [6.07, 6.45) is 3.71. The number of halogens is 1. The molecule has 0 aliphatic carbocycles. The summed E-state index contributed by atoms with van der Waals surface area (Å²) in [5.74, 6) is 0.285. The fraction of sp³-hybridized carbons (Fsp3) is 0.545. The number of hydrogen-bond donors (Lipinski definition) is 0. The zero-order chi connectivity index (χ0) is 21.3. The summed E-state index contributed by atoms with van der Waals surface area (Å²) >= 11 is 6.18. The van der Waals surface area contributed by atoms with Crippen LogP contribution in [-0.4, -0.2) is 29.6 Å². The number of aromatic nitrogens is 2. The summed E-state index contributed by atoms with van der Waals surface area (Å²) in [4.78, 5) is 12.4. The second-order valence-electron chi connectivity index (χ2n) is 7.83. The monoisotopic (exact) mass is 422 g/mol. The van der Waals surface area contributed by atoms with E-state index in [2.05, 4.69) is 12.0 Å². The van der Waals surface area contributed by atoms with Crippen LogP contribution in [0.2, 0.25) is 5.02 Å². The van der Waals surface area contributed by atoms with Crippen molar-refractivity contribution >= 4 is 11.6 Å². The average molecular weight is 423 g/mol. The van der Waals surface area contributed by atoms with E-state index in [0.29, 0.717) is 26.4 Å². The van der Waals surface area contributed by atoms with Crippen molar-refractivity contribution in [3.05, 3.63) is 57.0 Å². The van der Waals surface area contributed by atoms with Gasteiger partial charge in [0, 0.05) is 6.61 Å². The van der Waals surface area contributed by atoms with E-state index in [1.54, 1.807) is 0 Å². The number of hydrogen-bond acceptors (Lipinski definition) is 5. The SMILES string of the molecule is CCCCOCCOCc1ccc(COc2cnn(C(C)(C)C)c(=O)c2Cl)cc1. The topological polar surface area (TPSA) is 62.6 Å². The molecule has 0 N–H and O–H groups in total. The average Bonchev–Trinajstić information content (AvgIpc) is 2.68. The molecule has 160 valence electrons. The van der Waals surface area contributed by atoms with Crippen LogP contribution in [0.5, 0.6) is 5.75 Å². The zero-order valence-corrected chi connectivity index (χ0v) is 18.5. The van der Waals surface area contributed by atoms with Crippen molar-refractivity contribution < 1.29 is 14.2 Å². The second-order valence-corrected chi connectivity index (χ2v) is 8.21. The Kier molecular flexibility index (Phi) is 9.14. The minimum atomic E-state index is -0.446. The molecule has 6 nitrogen and oxygen atoms in total. The summed E-state index contributed by atoms with van der Waals surface area (Å²) in [7, 11) is 0. The number of nitrogens with zero attached hydrogens (tertiary/aromatic N) is 2. The highest BCUT2D eigenvalue weighted by molar-refractivity contribution is 6.31. The quantitative estimate of drug-likeness (QED) is 0.496. The number of unbranched alkanes of at least 4 members (excludes halogenated alkanes) is 1. The summed E-state index contributed by atoms with van der Waals surface area (Å²) in [5.41, 5.74) is 1.24. The van der Waals surface area contributed by atoms with E-state index in [9.17, 15) is 4.79 Å². The minimum absolute atomic E-state index is 0.0427. The van der Waals surface area contributed by atoms with Crippen LogP contribution in [0.15, 0.2) is 35.3 Å². The van der Waals surface area contributed by atoms with Gasteiger partial charge in [-0.2, -0.15) is 5.10 Å². The molecule has 1 aromatic carbocycles. The van der Waals surface area contributed by atoms with Crippen molar-refractivity contribution in [1.29, 1.82) is 0 Å². The van der Waals surface area contributed by atoms with E-state index in [1.807, 2.05) is 45.0 Å². The first-order valence-electron chi connectivity index (χ1n) is 9.97. The molecule has 0 saturated carbocycles. The lowest BCUT2D eigenvalue weighted by Crippen LogP contribution is -2.36. The first-order valence-corrected chi connectivity index (χ1v) is 10.3. The van der Waals surface area contributed by atoms with Gasteiger partial charge >= 0.3 is 0 Å². The smallest absolute Gasteiger partial charge is 0.289 e. The molecule has 1 heterocycles. The Balaban J connectivity index is 1.82. The molecule has 0 atom stereocenters. The first-order chi connectivity index (χ1) is 13.8. The molecule has 1 aromatic heterocycles. The fourth-order valence-corrected chi connectivity index (χ4v) is 2.73. The predicted octanol–water partition coefficient (Wildman–Crippen LogP) is 4.56. The molecule has 0 aliphatic heterocycles. The molecule has 7 heteroatoms. The summed E-state index contributed by atoms with van der Waals surface area (Å²) in [6.45, 7) is 10.7. The van der Waals surface area contributed by atoms with Gasteiger partial charge < -0.3 is 14.2 Å². The number of rotatable bonds is 11. The zero-order valence-electron chi connectivity index (χ0n) is 17.7. The van der Waals surface area contributed by atoms with Gasteiger partial charge in [0.05, 0.1) is 31.6 Å². The van der Waals surface area contributed by atoms with Crippen molar-refractivity contribution in [3.63, 3.8) is 0 Å². The second kappa shape index (κ2) is 11.3. The third kappa shape index (κ3) is 7.46. The van der Waals surface area contributed by atoms with Crippen LogP contribution in [0.1, 0.15) is 51.7 Å². The van der Waals surface area contributed by atoms with Gasteiger partial charge in [0.25, 0.3) is 5.56 Å². The first kappa shape index (κ1) is 23.4. The molecular weight excluding hydrogens is 392 g/mol. The summed E-state index contributed by atoms with van der Waals surface area (Å²) in [6, 6.07) is 7.92. The molecule has 0 aliphatic rings. The van der Waals surface area contributed by atoms with Crippen LogP contribution in [0.4, 0.5) is 0 Å². The van der Waals surface area contributed by atoms with Crippen LogP contribution < -0.4 is 10.3 Å². The molecule has 0 spiro atoms. The highest BCUT2D eigenvalue weighted by Crippen LogP contribution is 2.22. The maximum absolute atomic E-state index is 12.4. The van der Waals surface area contributed by atoms with Crippen LogP contribution >= 0.6 is 11.6 Å². The van der Waals surface area contributed by atoms with Crippen LogP contribution in [0.3, 0.4) is 0 Å². The van der Waals surface area contributed by atoms with E-state index < -0.39 is 5.54 Å². The van der Waals surface area contributed by atoms with E-state index in [0.717, 1.165) is 30.6 Å². The Morgan fingerprint density at radius 1 is 1.00 bits per heavy atom. The highest BCUT2D eigenvalue weighted by atomic mass is 35.5. The van der Waals surface area contributed by atoms with Crippen molar-refractivity contribution in [3.8, 4) is 5.75 Å². The van der Waals surface area contributed by atoms with Gasteiger partial charge in [-0.1, -0.05) is 49.2 Å². The summed E-state index contributed by atoms with van der Waals surface area (Å²) in [5, 5.41) is 4.21. The maximum Gasteiger partial charge on any atom is 0.289 e. The third-order valence-electron chi connectivity index (χ3n) is 4.22. The lowest BCUT2D eigenvalue weighted by molar-refractivity contribution is 0.0397. The van der Waals surface area contributed by atoms with E-state index in [-0.39, 0.29) is 16.3 Å². The Bertz CT molecular complexity index is 813. The molecule has 0 saturated heterocycles. The van der Waals surface area contributed by atoms with Crippen molar-refractivity contribution in [2.75, 3.05) is 19.8 Å². The normalized spacial score (nSPS) is 11.6. The van der Waals surface area contributed by atoms with Gasteiger partial charge in [-0.15, -0.1) is 0 Å². The standard InChI is InChI=1S/C22H31ClN2O4/c1-5-6-11-27-12-13-28-15-17-7-9-18(10-8-17)16-29-19-14-24-25(22(2,3)4)21(26)20(19)23/h7-10,14H,5-6,11-13,15-16H2,1-4H3. The highest BCUT2D eigenvalue weighted by Gasteiger charge is 2.19. The molecule has 0 radical (unpaired) electrons. The van der Waals surface area contributed by atoms with Gasteiger partial charge in [0.1, 0.15) is 6.61 Å². The molecule has 29 heavy (non-hydrogen) atoms. The molecule has 2 rings (SSSR count). The predicted molar refractivity (Wildman–Crippen MR) is 115 cm³/mol. The van der Waals surface area contributed by atoms with Crippen LogP contribution in [-0.2, 0) is 28.2 Å². The Morgan fingerprint density at radius 3 is 2.24 bits per heavy atom. The van der Waals surface area contributed by atoms with Crippen molar-refractivity contribution in [2.45, 2.75) is 59.3 Å². The van der Waals surface area contributed by atoms with E-state index in [4.69, 9.17) is 25.8 Å². The molecule has 0 bridgehead atoms. The van der Waals surface area contributed by atoms with Gasteiger partial charge in [-0.25, -0.2) is 4.68 Å². The molecule has 0 fully saturated rings. The van der Waals surface area contributed by atoms with E-state index >= 15 is 0 Å². The van der Waals surface area contributed by atoms with Crippen LogP contribution in [0.25, 0.3) is 0 Å². The maximum atomic E-state index is 12.4. The van der Waals surface area contributed by atoms with Gasteiger partial charge in [0.15, 0.2) is 10.8 Å². The molecule has 0 amide bonds. The minimum Gasteiger partial charge on any atom is -0.485 e.